The first kappa shape index (κ1) is 76.8. The first-order chi connectivity index (χ1) is 46.9. The molecule has 14 atom stereocenters. The van der Waals surface area contributed by atoms with Gasteiger partial charge in [-0.15, -0.1) is 14.5 Å². The van der Waals surface area contributed by atoms with E-state index in [1.807, 2.05) is 48.5 Å². The fourth-order valence-corrected chi connectivity index (χ4v) is 12.4. The van der Waals surface area contributed by atoms with Crippen molar-refractivity contribution < 1.29 is 137 Å². The molecule has 0 aliphatic carbocycles. The summed E-state index contributed by atoms with van der Waals surface area (Å²) in [6.45, 7) is 4.57. The summed E-state index contributed by atoms with van der Waals surface area (Å²) in [5.74, 6) is -11.1. The summed E-state index contributed by atoms with van der Waals surface area (Å²) in [7, 11) is 0. The van der Waals surface area contributed by atoms with Crippen LogP contribution in [0.1, 0.15) is 80.8 Å². The number of primary amides is 1. The molecule has 99 heavy (non-hydrogen) atoms. The van der Waals surface area contributed by atoms with Crippen LogP contribution < -0.4 is 76.1 Å². The molecule has 13 unspecified atom stereocenters. The maximum atomic E-state index is 14.7. The van der Waals surface area contributed by atoms with Crippen LogP contribution in [-0.4, -0.2) is 232 Å². The number of nitrogens with zero attached hydrogens (tertiary/aromatic N) is 5. The minimum absolute atomic E-state index is 0. The summed E-state index contributed by atoms with van der Waals surface area (Å²) >= 11 is -0.0884. The number of fused-ring (bicyclic) bond motifs is 2. The monoisotopic (exact) mass is 1410 g/mol. The van der Waals surface area contributed by atoms with Crippen LogP contribution in [0.4, 0.5) is 0 Å². The quantitative estimate of drug-likeness (QED) is 0.0107. The first-order valence-electron chi connectivity index (χ1n) is 31.7. The van der Waals surface area contributed by atoms with E-state index in [1.165, 1.54) is 50.5 Å². The van der Waals surface area contributed by atoms with E-state index in [0.717, 1.165) is 73.0 Å². The summed E-state index contributed by atoms with van der Waals surface area (Å²) in [4.78, 5) is 118. The second-order valence-corrected chi connectivity index (χ2v) is 25.0. The Morgan fingerprint density at radius 2 is 1.35 bits per heavy atom. The largest absolute Gasteiger partial charge is 1.00 e. The van der Waals surface area contributed by atoms with Crippen molar-refractivity contribution in [2.45, 2.75) is 138 Å². The Balaban J connectivity index is 0.0000125. The van der Waals surface area contributed by atoms with Crippen LogP contribution in [0.25, 0.3) is 34.0 Å². The van der Waals surface area contributed by atoms with E-state index in [1.54, 1.807) is 0 Å². The maximum absolute atomic E-state index is 14.7. The Hall–Kier alpha value is -7.91. The molecule has 5 aromatic rings. The topological polar surface area (TPSA) is 493 Å². The molecular weight excluding hydrogens is 1330 g/mol. The van der Waals surface area contributed by atoms with E-state index in [4.69, 9.17) is 19.1 Å². The van der Waals surface area contributed by atoms with Crippen molar-refractivity contribution in [2.24, 2.45) is 11.7 Å². The van der Waals surface area contributed by atoms with Gasteiger partial charge in [0.05, 0.1) is 43.5 Å². The third-order valence-electron chi connectivity index (χ3n) is 17.4. The fraction of sp³-hybridized carbons (Fsp3) is 0.469. The summed E-state index contributed by atoms with van der Waals surface area (Å²) in [6, 6.07) is 11.5. The third kappa shape index (κ3) is 19.6. The Labute approximate surface area is 593 Å². The Morgan fingerprint density at radius 3 is 1.99 bits per heavy atom. The van der Waals surface area contributed by atoms with Gasteiger partial charge in [-0.2, -0.15) is 0 Å². The van der Waals surface area contributed by atoms with Crippen LogP contribution in [0.5, 0.6) is 17.2 Å². The van der Waals surface area contributed by atoms with Gasteiger partial charge in [-0.05, 0) is 117 Å². The van der Waals surface area contributed by atoms with E-state index in [-0.39, 0.29) is 64.8 Å². The normalized spacial score (nSPS) is 25.0. The minimum Gasteiger partial charge on any atom is -0.691 e. The second-order valence-electron chi connectivity index (χ2n) is 24.5. The van der Waals surface area contributed by atoms with Gasteiger partial charge in [-0.25, -0.2) is 0 Å². The van der Waals surface area contributed by atoms with Crippen molar-refractivity contribution in [1.29, 1.82) is 0 Å². The first-order valence-corrected chi connectivity index (χ1v) is 32.3. The molecule has 4 aliphatic heterocycles. The van der Waals surface area contributed by atoms with Crippen LogP contribution in [-0.2, 0) is 42.9 Å². The molecule has 4 aromatic carbocycles. The molecule has 4 aliphatic rings. The van der Waals surface area contributed by atoms with Crippen molar-refractivity contribution in [2.75, 3.05) is 45.9 Å². The molecular formula is C64H78N11NaO22S. The number of aromatic nitrogens is 2. The van der Waals surface area contributed by atoms with Crippen LogP contribution in [0.2, 0.25) is 0 Å². The van der Waals surface area contributed by atoms with Gasteiger partial charge in [-0.1, -0.05) is 43.7 Å². The van der Waals surface area contributed by atoms with Gasteiger partial charge in [0.2, 0.25) is 53.1 Å². The van der Waals surface area contributed by atoms with Crippen molar-refractivity contribution >= 4 is 59.6 Å². The summed E-state index contributed by atoms with van der Waals surface area (Å²) in [5, 5.41) is 124. The van der Waals surface area contributed by atoms with Gasteiger partial charge in [0.15, 0.2) is 11.5 Å². The molecule has 15 N–H and O–H groups in total. The smallest absolute Gasteiger partial charge is 0.691 e. The average molecular weight is 1410 g/mol. The predicted octanol–water partition coefficient (Wildman–Crippen LogP) is -5.48. The number of carbonyl (C=O) groups excluding carboxylic acids is 8. The molecule has 35 heteroatoms. The van der Waals surface area contributed by atoms with Crippen LogP contribution in [0, 0.1) is 5.92 Å². The fourth-order valence-electron chi connectivity index (χ4n) is 12.1. The van der Waals surface area contributed by atoms with E-state index >= 15 is 0 Å². The Morgan fingerprint density at radius 1 is 0.747 bits per heavy atom. The van der Waals surface area contributed by atoms with E-state index < -0.39 is 183 Å². The molecule has 5 heterocycles. The second kappa shape index (κ2) is 35.4. The number of ether oxygens (including phenoxy) is 1. The number of hydrogen-bond acceptors (Lipinski definition) is 26. The summed E-state index contributed by atoms with van der Waals surface area (Å²) in [5.41, 5.74) is 7.87. The van der Waals surface area contributed by atoms with Crippen molar-refractivity contribution in [1.82, 2.24) is 51.5 Å². The summed E-state index contributed by atoms with van der Waals surface area (Å²) < 4.78 is 21.1. The van der Waals surface area contributed by atoms with Crippen molar-refractivity contribution in [3.63, 3.8) is 0 Å². The number of aliphatic hydroxyl groups excluding tert-OH is 7. The number of carbonyl (C=O) groups is 8. The van der Waals surface area contributed by atoms with Gasteiger partial charge in [0, 0.05) is 61.6 Å². The van der Waals surface area contributed by atoms with Gasteiger partial charge in [-0.3, -0.25) is 43.4 Å². The number of nitrogens with one attached hydrogen (secondary N) is 5. The number of phenols is 1. The number of aliphatic hydroxyl groups is 7. The molecule has 4 fully saturated rings. The summed E-state index contributed by atoms with van der Waals surface area (Å²) in [6.07, 6.45) is -11.6. The number of rotatable bonds is 21. The number of amides is 8. The Bertz CT molecular complexity index is 3610. The van der Waals surface area contributed by atoms with E-state index in [0.29, 0.717) is 22.6 Å². The van der Waals surface area contributed by atoms with Crippen molar-refractivity contribution in [3.05, 3.63) is 102 Å². The van der Waals surface area contributed by atoms with Gasteiger partial charge >= 0.3 is 29.6 Å². The number of aromatic hydroxyl groups is 1. The minimum atomic E-state index is -2.55. The molecule has 0 saturated carbocycles. The maximum Gasteiger partial charge on any atom is 1.00 e. The number of β-amino-alcohol motifs (C(OH)–C–C–N with tert-alkyl or cyclic N) is 1. The number of likely N-dealkylation sites (tertiary alicyclic amines) is 1. The molecule has 0 bridgehead atoms. The molecule has 528 valence electrons. The van der Waals surface area contributed by atoms with Crippen LogP contribution >= 0.6 is 12.3 Å². The van der Waals surface area contributed by atoms with E-state index in [2.05, 4.69) is 51.1 Å². The number of nitrogens with two attached hydrogens (primary N) is 1. The van der Waals surface area contributed by atoms with Gasteiger partial charge < -0.3 is 106 Å². The third-order valence-corrected chi connectivity index (χ3v) is 17.8. The molecule has 1 aromatic heterocycles. The molecule has 4 saturated heterocycles. The Kier molecular flexibility index (Phi) is 27.5. The van der Waals surface area contributed by atoms with Crippen LogP contribution in [0.3, 0.4) is 0 Å². The molecule has 9 rings (SSSR count). The molecule has 8 amide bonds. The predicted molar refractivity (Wildman–Crippen MR) is 339 cm³/mol. The zero-order chi connectivity index (χ0) is 70.5. The standard InChI is InChI=1S/C64H79N11O22S.Na/c1-32-30-75-52(53(32)82)60(89)66-29-40(77)26-43(67-56(85)36-9-13-38(14-10-36)62-72-71-61(94-62)37-11-7-34(8-12-37)35-15-18-42(19-16-35)93-24-6-23-73-21-4-3-5-22-73)57(86)68-49(33(2)76)63(90)74-31-41(78)27-44(74)58(87)70-51(59(88)69-50(64(75)91)46(80)28-48(65)81)55(84)54(83)39-17-20-45(79)47(25-39)95-98-97-96-92;/h7-20,25,32-33,40-41,43-44,46,49-55,76-80,82-84,92H,3-6,21-24,26-31H2,1-2H3,(H2,65,81)(H,66,89)(H,67,85)(H,68,86)(H,69,88)(H,70,87);/q;+1/p-1/t32?,33?,40?,41?,43-,44?,46?,49?,50?,51?,52?,53?,54?,55?;/m0./s1. The van der Waals surface area contributed by atoms with Gasteiger partial charge in [0.25, 0.3) is 18.2 Å². The van der Waals surface area contributed by atoms with Gasteiger partial charge in [0.1, 0.15) is 54.2 Å². The number of benzene rings is 4. The number of piperidine rings is 1. The zero-order valence-corrected chi connectivity index (χ0v) is 57.0. The zero-order valence-electron chi connectivity index (χ0n) is 54.2. The number of phenolic OH excluding ortho intramolecular Hbond substituents is 1. The average Bonchev–Trinajstić information content (AvgIpc) is 1.69. The number of hydrogen-bond donors (Lipinski definition) is 14. The molecule has 33 nitrogen and oxygen atoms in total. The molecule has 0 spiro atoms. The molecule has 0 radical (unpaired) electrons. The van der Waals surface area contributed by atoms with Crippen molar-refractivity contribution in [3.8, 4) is 51.3 Å². The SMILES string of the molecule is CC(O)C1NC(=O)[C@@H](NC(=O)c2ccc(-c3nnc(-c4ccc(-c5ccc(OCCCN6CCCCC6)cc5)cc4)o3)cc2)CC(O)CNC(=O)C2C(O)C(C)CN2C(=O)C(C(O)CC(N)=O)NC(=O)C(C(O)C(O)c2ccc(O)c(OSOO[O-])c2)NC(=O)C2CC(O)CN2C1=O.[Na+]. The van der Waals surface area contributed by atoms with E-state index in [9.17, 15) is 84.5 Å². The van der Waals surface area contributed by atoms with Crippen LogP contribution in [0.15, 0.2) is 95.4 Å².